The summed E-state index contributed by atoms with van der Waals surface area (Å²) in [5.74, 6) is 2.43. The lowest BCUT2D eigenvalue weighted by atomic mass is 10.1. The molecule has 0 saturated carbocycles. The van der Waals surface area contributed by atoms with Crippen molar-refractivity contribution < 1.29 is 9.52 Å². The van der Waals surface area contributed by atoms with Gasteiger partial charge in [-0.25, -0.2) is 0 Å². The van der Waals surface area contributed by atoms with Crippen molar-refractivity contribution in [3.8, 4) is 0 Å². The lowest BCUT2D eigenvalue weighted by molar-refractivity contribution is 0.166. The van der Waals surface area contributed by atoms with Crippen LogP contribution in [0.5, 0.6) is 0 Å². The average molecular weight is 224 g/mol. The fraction of sp³-hybridized carbons (Fsp3) is 0.714. The molecule has 92 valence electrons. The highest BCUT2D eigenvalue weighted by Gasteiger charge is 2.21. The molecule has 1 aliphatic rings. The zero-order valence-corrected chi connectivity index (χ0v) is 10.9. The molecule has 2 rings (SSSR count). The fourth-order valence-electron chi connectivity index (χ4n) is 2.01. The monoisotopic (exact) mass is 224 g/mol. The molecular weight excluding hydrogens is 200 g/mol. The van der Waals surface area contributed by atoms with Gasteiger partial charge in [-0.2, -0.15) is 0 Å². The van der Waals surface area contributed by atoms with Crippen molar-refractivity contribution in [1.82, 2.24) is 0 Å². The van der Waals surface area contributed by atoms with Crippen LogP contribution in [-0.2, 0) is 6.42 Å². The predicted molar refractivity (Wildman–Crippen MR) is 66.7 cm³/mol. The van der Waals surface area contributed by atoms with E-state index in [9.17, 15) is 5.11 Å². The van der Waals surface area contributed by atoms with Crippen molar-refractivity contribution in [2.24, 2.45) is 0 Å². The molecule has 1 heterocycles. The number of furan rings is 1. The molecule has 0 saturated heterocycles. The molecule has 2 heteroatoms. The molecule has 0 fully saturated rings. The Balaban J connectivity index is 0.000000606. The highest BCUT2D eigenvalue weighted by atomic mass is 16.3. The van der Waals surface area contributed by atoms with Gasteiger partial charge in [0.2, 0.25) is 0 Å². The molecule has 2 nitrogen and oxygen atoms in total. The van der Waals surface area contributed by atoms with Crippen molar-refractivity contribution in [3.05, 3.63) is 23.2 Å². The third-order valence-electron chi connectivity index (χ3n) is 2.92. The van der Waals surface area contributed by atoms with Gasteiger partial charge in [0.15, 0.2) is 0 Å². The minimum absolute atomic E-state index is 0.302. The van der Waals surface area contributed by atoms with E-state index in [0.717, 1.165) is 42.8 Å². The van der Waals surface area contributed by atoms with Crippen molar-refractivity contribution in [2.45, 2.75) is 65.4 Å². The van der Waals surface area contributed by atoms with Crippen molar-refractivity contribution in [3.63, 3.8) is 0 Å². The van der Waals surface area contributed by atoms with Gasteiger partial charge in [-0.05, 0) is 18.9 Å². The minimum atomic E-state index is -0.302. The molecule has 0 amide bonds. The van der Waals surface area contributed by atoms with E-state index in [1.807, 2.05) is 19.9 Å². The number of hydrogen-bond donors (Lipinski definition) is 1. The Labute approximate surface area is 98.7 Å². The maximum absolute atomic E-state index is 9.88. The summed E-state index contributed by atoms with van der Waals surface area (Å²) in [7, 11) is 0. The van der Waals surface area contributed by atoms with E-state index >= 15 is 0 Å². The maximum atomic E-state index is 9.88. The minimum Gasteiger partial charge on any atom is -0.465 e. The van der Waals surface area contributed by atoms with Gasteiger partial charge < -0.3 is 9.52 Å². The molecule has 0 aliphatic heterocycles. The number of hydrogen-bond acceptors (Lipinski definition) is 2. The summed E-state index contributed by atoms with van der Waals surface area (Å²) in [4.78, 5) is 0. The van der Waals surface area contributed by atoms with Gasteiger partial charge in [0, 0.05) is 17.9 Å². The zero-order valence-electron chi connectivity index (χ0n) is 10.9. The zero-order chi connectivity index (χ0) is 12.1. The number of rotatable bonds is 1. The highest BCUT2D eigenvalue weighted by molar-refractivity contribution is 5.26. The Kier molecular flexibility index (Phi) is 5.07. The molecule has 16 heavy (non-hydrogen) atoms. The first kappa shape index (κ1) is 13.3. The van der Waals surface area contributed by atoms with Crippen molar-refractivity contribution in [2.75, 3.05) is 0 Å². The van der Waals surface area contributed by atoms with Gasteiger partial charge in [-0.15, -0.1) is 0 Å². The van der Waals surface area contributed by atoms with Crippen LogP contribution in [0.2, 0.25) is 0 Å². The van der Waals surface area contributed by atoms with Crippen LogP contribution in [0.25, 0.3) is 0 Å². The Morgan fingerprint density at radius 3 is 2.62 bits per heavy atom. The van der Waals surface area contributed by atoms with Crippen LogP contribution in [0.1, 0.15) is 76.1 Å². The predicted octanol–water partition coefficient (Wildman–Crippen LogP) is 4.19. The third kappa shape index (κ3) is 2.88. The van der Waals surface area contributed by atoms with Crippen LogP contribution in [-0.4, -0.2) is 5.11 Å². The SMILES string of the molecule is CC.CC(C)c1cc2c(o1)CCCCC2O. The summed E-state index contributed by atoms with van der Waals surface area (Å²) < 4.78 is 5.76. The van der Waals surface area contributed by atoms with Crippen molar-refractivity contribution >= 4 is 0 Å². The topological polar surface area (TPSA) is 33.4 Å². The van der Waals surface area contributed by atoms with Crippen LogP contribution < -0.4 is 0 Å². The standard InChI is InChI=1S/C12H18O2.C2H6/c1-8(2)12-7-9-10(13)5-3-4-6-11(9)14-12;1-2/h7-8,10,13H,3-6H2,1-2H3;1-2H3. The van der Waals surface area contributed by atoms with Crippen LogP contribution in [0.4, 0.5) is 0 Å². The molecule has 1 N–H and O–H groups in total. The summed E-state index contributed by atoms with van der Waals surface area (Å²) >= 11 is 0. The normalized spacial score (nSPS) is 19.8. The Morgan fingerprint density at radius 1 is 1.31 bits per heavy atom. The number of aliphatic hydroxyl groups is 1. The lowest BCUT2D eigenvalue weighted by Crippen LogP contribution is -1.94. The largest absolute Gasteiger partial charge is 0.465 e. The van der Waals surface area contributed by atoms with E-state index in [2.05, 4.69) is 13.8 Å². The smallest absolute Gasteiger partial charge is 0.109 e. The van der Waals surface area contributed by atoms with E-state index < -0.39 is 0 Å². The molecule has 1 unspecified atom stereocenters. The summed E-state index contributed by atoms with van der Waals surface area (Å²) in [6.07, 6.45) is 3.80. The first-order chi connectivity index (χ1) is 7.68. The second-order valence-corrected chi connectivity index (χ2v) is 4.44. The van der Waals surface area contributed by atoms with Gasteiger partial charge in [0.25, 0.3) is 0 Å². The van der Waals surface area contributed by atoms with Crippen LogP contribution in [0.3, 0.4) is 0 Å². The number of aliphatic hydroxyl groups excluding tert-OH is 1. The Hall–Kier alpha value is -0.760. The molecular formula is C14H24O2. The Bertz CT molecular complexity index is 313. The van der Waals surface area contributed by atoms with Crippen molar-refractivity contribution in [1.29, 1.82) is 0 Å². The van der Waals surface area contributed by atoms with Gasteiger partial charge >= 0.3 is 0 Å². The molecule has 1 aromatic rings. The molecule has 1 atom stereocenters. The summed E-state index contributed by atoms with van der Waals surface area (Å²) in [6.45, 7) is 8.23. The van der Waals surface area contributed by atoms with E-state index in [4.69, 9.17) is 4.42 Å². The summed E-state index contributed by atoms with van der Waals surface area (Å²) in [6, 6.07) is 2.04. The second kappa shape index (κ2) is 6.09. The maximum Gasteiger partial charge on any atom is 0.109 e. The van der Waals surface area contributed by atoms with Gasteiger partial charge in [-0.3, -0.25) is 0 Å². The molecule has 0 bridgehead atoms. The third-order valence-corrected chi connectivity index (χ3v) is 2.92. The number of aryl methyl sites for hydroxylation is 1. The fourth-order valence-corrected chi connectivity index (χ4v) is 2.01. The molecule has 0 radical (unpaired) electrons. The van der Waals surface area contributed by atoms with E-state index in [1.54, 1.807) is 0 Å². The van der Waals surface area contributed by atoms with Crippen LogP contribution in [0, 0.1) is 0 Å². The van der Waals surface area contributed by atoms with E-state index in [0.29, 0.717) is 5.92 Å². The highest BCUT2D eigenvalue weighted by Crippen LogP contribution is 2.33. The first-order valence-corrected chi connectivity index (χ1v) is 6.49. The van der Waals surface area contributed by atoms with Crippen LogP contribution in [0.15, 0.2) is 10.5 Å². The van der Waals surface area contributed by atoms with Gasteiger partial charge in [0.05, 0.1) is 6.10 Å². The molecule has 0 spiro atoms. The quantitative estimate of drug-likeness (QED) is 0.726. The number of fused-ring (bicyclic) bond motifs is 1. The first-order valence-electron chi connectivity index (χ1n) is 6.49. The summed E-state index contributed by atoms with van der Waals surface area (Å²) in [5, 5.41) is 9.88. The van der Waals surface area contributed by atoms with Crippen LogP contribution >= 0.6 is 0 Å². The van der Waals surface area contributed by atoms with Gasteiger partial charge in [0.1, 0.15) is 11.5 Å². The Morgan fingerprint density at radius 2 is 2.00 bits per heavy atom. The second-order valence-electron chi connectivity index (χ2n) is 4.44. The lowest BCUT2D eigenvalue weighted by Gasteiger charge is -2.04. The molecule has 1 aliphatic carbocycles. The van der Waals surface area contributed by atoms with Gasteiger partial charge in [-0.1, -0.05) is 34.1 Å². The van der Waals surface area contributed by atoms with E-state index in [-0.39, 0.29) is 6.10 Å². The van der Waals surface area contributed by atoms with E-state index in [1.165, 1.54) is 0 Å². The molecule has 0 aromatic carbocycles. The molecule has 1 aromatic heterocycles. The summed E-state index contributed by atoms with van der Waals surface area (Å²) in [5.41, 5.74) is 1.03. The average Bonchev–Trinajstić information content (AvgIpc) is 2.64.